The molecule has 1 N–H and O–H groups in total. The van der Waals surface area contributed by atoms with Crippen molar-refractivity contribution in [2.45, 2.75) is 6.42 Å². The van der Waals surface area contributed by atoms with E-state index in [2.05, 4.69) is 19.9 Å². The molecule has 0 unspecified atom stereocenters. The summed E-state index contributed by atoms with van der Waals surface area (Å²) in [6, 6.07) is 7.98. The van der Waals surface area contributed by atoms with Crippen LogP contribution in [0.15, 0.2) is 36.7 Å². The third kappa shape index (κ3) is 2.40. The molecule has 5 nitrogen and oxygen atoms in total. The van der Waals surface area contributed by atoms with Gasteiger partial charge in [-0.05, 0) is 29.8 Å². The highest BCUT2D eigenvalue weighted by molar-refractivity contribution is 5.73. The molecule has 3 aromatic heterocycles. The lowest BCUT2D eigenvalue weighted by Gasteiger charge is -2.09. The molecule has 0 bridgehead atoms. The Kier molecular flexibility index (Phi) is 2.87. The minimum Gasteiger partial charge on any atom is -0.363 e. The van der Waals surface area contributed by atoms with Crippen LogP contribution >= 0.6 is 0 Å². The van der Waals surface area contributed by atoms with E-state index in [1.54, 1.807) is 12.4 Å². The molecule has 0 fully saturated rings. The van der Waals surface area contributed by atoms with Crippen molar-refractivity contribution in [3.05, 3.63) is 48.0 Å². The summed E-state index contributed by atoms with van der Waals surface area (Å²) in [6.45, 7) is 0. The van der Waals surface area contributed by atoms with Gasteiger partial charge < -0.3 is 9.88 Å². The van der Waals surface area contributed by atoms with Gasteiger partial charge in [-0.3, -0.25) is 4.98 Å². The van der Waals surface area contributed by atoms with E-state index in [0.29, 0.717) is 0 Å². The van der Waals surface area contributed by atoms with Crippen molar-refractivity contribution in [1.82, 2.24) is 19.9 Å². The van der Waals surface area contributed by atoms with Crippen molar-refractivity contribution in [2.24, 2.45) is 0 Å². The number of H-pyrrole nitrogens is 1. The van der Waals surface area contributed by atoms with Crippen LogP contribution in [0, 0.1) is 0 Å². The average Bonchev–Trinajstić information content (AvgIpc) is 2.80. The highest BCUT2D eigenvalue weighted by atomic mass is 15.1. The van der Waals surface area contributed by atoms with Crippen LogP contribution < -0.4 is 4.90 Å². The monoisotopic (exact) mass is 253 g/mol. The number of pyridine rings is 2. The zero-order valence-electron chi connectivity index (χ0n) is 11.0. The molecule has 0 aliphatic heterocycles. The molecule has 0 aliphatic carbocycles. The summed E-state index contributed by atoms with van der Waals surface area (Å²) in [7, 11) is 3.94. The molecule has 0 amide bonds. The Morgan fingerprint density at radius 1 is 1.05 bits per heavy atom. The molecule has 3 rings (SSSR count). The molecule has 5 heteroatoms. The van der Waals surface area contributed by atoms with E-state index in [1.807, 2.05) is 43.3 Å². The maximum absolute atomic E-state index is 4.54. The normalized spacial score (nSPS) is 10.8. The SMILES string of the molecule is CN(C)c1ccc2[nH]c(Cc3ccncc3)nc2n1. The lowest BCUT2D eigenvalue weighted by atomic mass is 10.2. The van der Waals surface area contributed by atoms with Gasteiger partial charge >= 0.3 is 0 Å². The van der Waals surface area contributed by atoms with Crippen LogP contribution in [0.2, 0.25) is 0 Å². The first kappa shape index (κ1) is 11.6. The fourth-order valence-corrected chi connectivity index (χ4v) is 1.96. The van der Waals surface area contributed by atoms with Crippen LogP contribution in [0.1, 0.15) is 11.4 Å². The third-order valence-corrected chi connectivity index (χ3v) is 2.96. The van der Waals surface area contributed by atoms with Crippen molar-refractivity contribution in [1.29, 1.82) is 0 Å². The molecule has 19 heavy (non-hydrogen) atoms. The van der Waals surface area contributed by atoms with Gasteiger partial charge in [0.2, 0.25) is 0 Å². The fourth-order valence-electron chi connectivity index (χ4n) is 1.96. The molecule has 3 heterocycles. The first-order valence-electron chi connectivity index (χ1n) is 6.14. The largest absolute Gasteiger partial charge is 0.363 e. The number of aromatic amines is 1. The maximum atomic E-state index is 4.54. The second kappa shape index (κ2) is 4.68. The summed E-state index contributed by atoms with van der Waals surface area (Å²) in [5, 5.41) is 0. The van der Waals surface area contributed by atoms with E-state index in [9.17, 15) is 0 Å². The van der Waals surface area contributed by atoms with Gasteiger partial charge in [0, 0.05) is 32.9 Å². The zero-order valence-corrected chi connectivity index (χ0v) is 11.0. The predicted octanol–water partition coefficient (Wildman–Crippen LogP) is 2.01. The lowest BCUT2D eigenvalue weighted by molar-refractivity contribution is 1.02. The Morgan fingerprint density at radius 3 is 2.58 bits per heavy atom. The molecule has 0 atom stereocenters. The molecule has 3 aromatic rings. The molecule has 0 aromatic carbocycles. The van der Waals surface area contributed by atoms with Crippen molar-refractivity contribution in [2.75, 3.05) is 19.0 Å². The topological polar surface area (TPSA) is 57.7 Å². The number of anilines is 1. The third-order valence-electron chi connectivity index (χ3n) is 2.96. The summed E-state index contributed by atoms with van der Waals surface area (Å²) >= 11 is 0. The summed E-state index contributed by atoms with van der Waals surface area (Å²) in [5.74, 6) is 1.83. The first-order chi connectivity index (χ1) is 9.22. The van der Waals surface area contributed by atoms with E-state index < -0.39 is 0 Å². The van der Waals surface area contributed by atoms with Crippen molar-refractivity contribution < 1.29 is 0 Å². The quantitative estimate of drug-likeness (QED) is 0.775. The molecular formula is C14H15N5. The summed E-state index contributed by atoms with van der Waals surface area (Å²) in [6.07, 6.45) is 4.34. The average molecular weight is 253 g/mol. The smallest absolute Gasteiger partial charge is 0.179 e. The number of aromatic nitrogens is 4. The van der Waals surface area contributed by atoms with Gasteiger partial charge in [-0.15, -0.1) is 0 Å². The van der Waals surface area contributed by atoms with E-state index in [4.69, 9.17) is 0 Å². The number of nitrogens with zero attached hydrogens (tertiary/aromatic N) is 4. The van der Waals surface area contributed by atoms with Crippen LogP contribution in [0.3, 0.4) is 0 Å². The minimum atomic E-state index is 0.759. The second-order valence-corrected chi connectivity index (χ2v) is 4.65. The van der Waals surface area contributed by atoms with Crippen molar-refractivity contribution in [3.8, 4) is 0 Å². The van der Waals surface area contributed by atoms with Crippen LogP contribution in [0.5, 0.6) is 0 Å². The lowest BCUT2D eigenvalue weighted by Crippen LogP contribution is -2.10. The summed E-state index contributed by atoms with van der Waals surface area (Å²) in [4.78, 5) is 18.3. The van der Waals surface area contributed by atoms with Crippen molar-refractivity contribution in [3.63, 3.8) is 0 Å². The highest BCUT2D eigenvalue weighted by Crippen LogP contribution is 2.16. The van der Waals surface area contributed by atoms with Crippen LogP contribution in [-0.4, -0.2) is 34.0 Å². The van der Waals surface area contributed by atoms with Gasteiger partial charge in [-0.2, -0.15) is 0 Å². The summed E-state index contributed by atoms with van der Waals surface area (Å²) in [5.41, 5.74) is 2.91. The van der Waals surface area contributed by atoms with E-state index >= 15 is 0 Å². The first-order valence-corrected chi connectivity index (χ1v) is 6.14. The fraction of sp³-hybridized carbons (Fsp3) is 0.214. The number of rotatable bonds is 3. The molecule has 0 spiro atoms. The Morgan fingerprint density at radius 2 is 1.84 bits per heavy atom. The molecule has 0 radical (unpaired) electrons. The second-order valence-electron chi connectivity index (χ2n) is 4.65. The van der Waals surface area contributed by atoms with Gasteiger partial charge in [-0.1, -0.05) is 0 Å². The number of fused-ring (bicyclic) bond motifs is 1. The van der Waals surface area contributed by atoms with Crippen molar-refractivity contribution >= 4 is 17.0 Å². The molecule has 96 valence electrons. The minimum absolute atomic E-state index is 0.759. The van der Waals surface area contributed by atoms with Crippen LogP contribution in [0.4, 0.5) is 5.82 Å². The van der Waals surface area contributed by atoms with Gasteiger partial charge in [0.1, 0.15) is 11.6 Å². The molecular weight excluding hydrogens is 238 g/mol. The molecule has 0 saturated carbocycles. The van der Waals surface area contributed by atoms with E-state index in [-0.39, 0.29) is 0 Å². The Hall–Kier alpha value is -2.43. The Balaban J connectivity index is 1.93. The molecule has 0 aliphatic rings. The van der Waals surface area contributed by atoms with Crippen LogP contribution in [0.25, 0.3) is 11.2 Å². The Labute approximate surface area is 111 Å². The number of hydrogen-bond donors (Lipinski definition) is 1. The number of imidazole rings is 1. The number of nitrogens with one attached hydrogen (secondary N) is 1. The summed E-state index contributed by atoms with van der Waals surface area (Å²) < 4.78 is 0. The van der Waals surface area contributed by atoms with Gasteiger partial charge in [0.25, 0.3) is 0 Å². The Bertz CT molecular complexity index is 687. The van der Waals surface area contributed by atoms with Gasteiger partial charge in [0.15, 0.2) is 5.65 Å². The van der Waals surface area contributed by atoms with Gasteiger partial charge in [-0.25, -0.2) is 9.97 Å². The molecule has 0 saturated heterocycles. The zero-order chi connectivity index (χ0) is 13.2. The van der Waals surface area contributed by atoms with E-state index in [1.165, 1.54) is 5.56 Å². The predicted molar refractivity (Wildman–Crippen MR) is 75.3 cm³/mol. The standard InChI is InChI=1S/C14H15N5/c1-19(2)13-4-3-11-14(18-13)17-12(16-11)9-10-5-7-15-8-6-10/h3-8H,9H2,1-2H3,(H,16,17,18). The van der Waals surface area contributed by atoms with Gasteiger partial charge in [0.05, 0.1) is 5.52 Å². The highest BCUT2D eigenvalue weighted by Gasteiger charge is 2.06. The number of hydrogen-bond acceptors (Lipinski definition) is 4. The van der Waals surface area contributed by atoms with Crippen LogP contribution in [-0.2, 0) is 6.42 Å². The maximum Gasteiger partial charge on any atom is 0.179 e. The van der Waals surface area contributed by atoms with E-state index in [0.717, 1.165) is 29.2 Å².